The van der Waals surface area contributed by atoms with Gasteiger partial charge >= 0.3 is 0 Å². The Morgan fingerprint density at radius 1 is 0.783 bits per heavy atom. The smallest absolute Gasteiger partial charge is 0.0471 e. The molecule has 0 spiro atoms. The molecular formula is C21H43NO. The Balaban J connectivity index is 3.19. The Bertz CT molecular complexity index is 252. The maximum Gasteiger partial charge on any atom is 0.0471 e. The summed E-state index contributed by atoms with van der Waals surface area (Å²) in [6, 6.07) is 0.171. The van der Waals surface area contributed by atoms with Gasteiger partial charge in [-0.25, -0.2) is 0 Å². The predicted molar refractivity (Wildman–Crippen MR) is 104 cm³/mol. The quantitative estimate of drug-likeness (QED) is 0.255. The van der Waals surface area contributed by atoms with Crippen LogP contribution < -0.4 is 5.73 Å². The van der Waals surface area contributed by atoms with Crippen LogP contribution in [0.3, 0.4) is 0 Å². The van der Waals surface area contributed by atoms with Gasteiger partial charge in [-0.05, 0) is 38.0 Å². The van der Waals surface area contributed by atoms with Gasteiger partial charge in [-0.2, -0.15) is 0 Å². The van der Waals surface area contributed by atoms with Gasteiger partial charge in [0, 0.05) is 12.6 Å². The molecule has 0 amide bonds. The van der Waals surface area contributed by atoms with Crippen molar-refractivity contribution in [2.75, 3.05) is 6.61 Å². The molecule has 0 bridgehead atoms. The van der Waals surface area contributed by atoms with Gasteiger partial charge in [-0.15, -0.1) is 0 Å². The number of nitrogens with two attached hydrogens (primary N) is 1. The lowest BCUT2D eigenvalue weighted by molar-refractivity contribution is 0.211. The van der Waals surface area contributed by atoms with Crippen LogP contribution in [0.15, 0.2) is 12.2 Å². The number of hydrogen-bond donors (Lipinski definition) is 2. The minimum absolute atomic E-state index is 0.171. The van der Waals surface area contributed by atoms with E-state index in [0.29, 0.717) is 0 Å². The van der Waals surface area contributed by atoms with E-state index in [1.54, 1.807) is 0 Å². The second-order valence-electron chi connectivity index (χ2n) is 7.20. The third-order valence-electron chi connectivity index (χ3n) is 4.82. The Morgan fingerprint density at radius 2 is 1.26 bits per heavy atom. The van der Waals surface area contributed by atoms with Crippen LogP contribution in [0.1, 0.15) is 104 Å². The largest absolute Gasteiger partial charge is 0.396 e. The molecule has 0 radical (unpaired) electrons. The van der Waals surface area contributed by atoms with Crippen LogP contribution >= 0.6 is 0 Å². The summed E-state index contributed by atoms with van der Waals surface area (Å²) in [6.07, 6.45) is 23.2. The molecular weight excluding hydrogens is 282 g/mol. The van der Waals surface area contributed by atoms with E-state index in [4.69, 9.17) is 10.8 Å². The van der Waals surface area contributed by atoms with Crippen molar-refractivity contribution in [3.05, 3.63) is 12.2 Å². The number of allylic oxidation sites excluding steroid dienone is 2. The number of hydrogen-bond acceptors (Lipinski definition) is 2. The lowest BCUT2D eigenvalue weighted by Crippen LogP contribution is -2.30. The van der Waals surface area contributed by atoms with Crippen LogP contribution in [-0.4, -0.2) is 17.8 Å². The lowest BCUT2D eigenvalue weighted by Gasteiger charge is -2.17. The molecule has 0 heterocycles. The number of rotatable bonds is 17. The van der Waals surface area contributed by atoms with E-state index >= 15 is 0 Å². The number of aliphatic hydroxyl groups is 1. The molecule has 2 unspecified atom stereocenters. The molecule has 0 aromatic heterocycles. The Hall–Kier alpha value is -0.340. The van der Waals surface area contributed by atoms with Crippen molar-refractivity contribution in [2.24, 2.45) is 11.7 Å². The van der Waals surface area contributed by atoms with Crippen LogP contribution in [0.25, 0.3) is 0 Å². The van der Waals surface area contributed by atoms with Crippen molar-refractivity contribution in [2.45, 2.75) is 110 Å². The van der Waals surface area contributed by atoms with Crippen LogP contribution in [0.5, 0.6) is 0 Å². The summed E-state index contributed by atoms with van der Waals surface area (Å²) in [5, 5.41) is 9.04. The molecule has 3 N–H and O–H groups in total. The predicted octanol–water partition coefficient (Wildman–Crippen LogP) is 5.98. The summed E-state index contributed by atoms with van der Waals surface area (Å²) in [6.45, 7) is 4.52. The number of unbranched alkanes of at least 4 members (excludes halogenated alkanes) is 11. The van der Waals surface area contributed by atoms with Crippen LogP contribution in [0.2, 0.25) is 0 Å². The van der Waals surface area contributed by atoms with Crippen LogP contribution in [0.4, 0.5) is 0 Å². The summed E-state index contributed by atoms with van der Waals surface area (Å²) in [4.78, 5) is 0. The minimum atomic E-state index is 0.171. The van der Waals surface area contributed by atoms with Crippen LogP contribution in [0, 0.1) is 5.92 Å². The monoisotopic (exact) mass is 325 g/mol. The van der Waals surface area contributed by atoms with Gasteiger partial charge in [0.25, 0.3) is 0 Å². The zero-order chi connectivity index (χ0) is 17.2. The maximum atomic E-state index is 9.04. The van der Waals surface area contributed by atoms with E-state index in [1.807, 2.05) is 6.92 Å². The third-order valence-corrected chi connectivity index (χ3v) is 4.82. The van der Waals surface area contributed by atoms with Crippen molar-refractivity contribution in [1.29, 1.82) is 0 Å². The first-order chi connectivity index (χ1) is 11.2. The molecule has 138 valence electrons. The molecule has 2 nitrogen and oxygen atoms in total. The van der Waals surface area contributed by atoms with E-state index in [-0.39, 0.29) is 18.6 Å². The van der Waals surface area contributed by atoms with Gasteiger partial charge in [0.05, 0.1) is 0 Å². The van der Waals surface area contributed by atoms with Gasteiger partial charge in [0.1, 0.15) is 0 Å². The summed E-state index contributed by atoms with van der Waals surface area (Å²) in [5.74, 6) is 0.242. The van der Waals surface area contributed by atoms with Crippen LogP contribution in [-0.2, 0) is 0 Å². The SMILES string of the molecule is CCCCCCCC/C=C\CCCCCCCC(N)C(C)CO. The highest BCUT2D eigenvalue weighted by Gasteiger charge is 2.10. The minimum Gasteiger partial charge on any atom is -0.396 e. The van der Waals surface area contributed by atoms with Crippen molar-refractivity contribution in [1.82, 2.24) is 0 Å². The van der Waals surface area contributed by atoms with Crippen molar-refractivity contribution < 1.29 is 5.11 Å². The van der Waals surface area contributed by atoms with Gasteiger partial charge in [0.2, 0.25) is 0 Å². The molecule has 0 saturated carbocycles. The molecule has 0 aromatic rings. The average Bonchev–Trinajstić information content (AvgIpc) is 2.57. The van der Waals surface area contributed by atoms with E-state index in [9.17, 15) is 0 Å². The maximum absolute atomic E-state index is 9.04. The molecule has 0 fully saturated rings. The molecule has 2 heteroatoms. The van der Waals surface area contributed by atoms with Crippen molar-refractivity contribution in [3.63, 3.8) is 0 Å². The second kappa shape index (κ2) is 18.0. The number of aliphatic hydroxyl groups excluding tert-OH is 1. The van der Waals surface area contributed by atoms with E-state index in [2.05, 4.69) is 19.1 Å². The normalized spacial score (nSPS) is 14.4. The fourth-order valence-corrected chi connectivity index (χ4v) is 2.87. The van der Waals surface area contributed by atoms with Crippen molar-refractivity contribution in [3.8, 4) is 0 Å². The fourth-order valence-electron chi connectivity index (χ4n) is 2.87. The topological polar surface area (TPSA) is 46.2 Å². The standard InChI is InChI=1S/C21H43NO/c1-3-4-5-6-7-8-9-10-11-12-13-14-15-16-17-18-21(22)20(2)19-23/h10-11,20-21,23H,3-9,12-19,22H2,1-2H3/b11-10-. The summed E-state index contributed by atoms with van der Waals surface area (Å²) in [7, 11) is 0. The van der Waals surface area contributed by atoms with Gasteiger partial charge in [-0.1, -0.05) is 83.8 Å². The zero-order valence-electron chi connectivity index (χ0n) is 15.9. The first kappa shape index (κ1) is 22.7. The van der Waals surface area contributed by atoms with Crippen molar-refractivity contribution >= 4 is 0 Å². The zero-order valence-corrected chi connectivity index (χ0v) is 15.9. The average molecular weight is 326 g/mol. The van der Waals surface area contributed by atoms with Gasteiger partial charge in [0.15, 0.2) is 0 Å². The molecule has 0 aromatic carbocycles. The van der Waals surface area contributed by atoms with Gasteiger partial charge in [-0.3, -0.25) is 0 Å². The molecule has 0 aliphatic rings. The molecule has 0 aliphatic heterocycles. The highest BCUT2D eigenvalue weighted by molar-refractivity contribution is 4.81. The Kier molecular flexibility index (Phi) is 17.7. The third kappa shape index (κ3) is 16.3. The summed E-state index contributed by atoms with van der Waals surface area (Å²) < 4.78 is 0. The fraction of sp³-hybridized carbons (Fsp3) is 0.905. The molecule has 23 heavy (non-hydrogen) atoms. The van der Waals surface area contributed by atoms with Gasteiger partial charge < -0.3 is 10.8 Å². The lowest BCUT2D eigenvalue weighted by atomic mass is 9.97. The molecule has 0 rings (SSSR count). The first-order valence-corrected chi connectivity index (χ1v) is 10.2. The molecule has 2 atom stereocenters. The highest BCUT2D eigenvalue weighted by Crippen LogP contribution is 2.12. The van der Waals surface area contributed by atoms with E-state index in [0.717, 1.165) is 6.42 Å². The summed E-state index contributed by atoms with van der Waals surface area (Å²) in [5.41, 5.74) is 6.01. The Morgan fingerprint density at radius 3 is 1.78 bits per heavy atom. The Labute approximate surface area is 145 Å². The first-order valence-electron chi connectivity index (χ1n) is 10.2. The summed E-state index contributed by atoms with van der Waals surface area (Å²) >= 11 is 0. The molecule has 0 aliphatic carbocycles. The van der Waals surface area contributed by atoms with E-state index in [1.165, 1.54) is 83.5 Å². The molecule has 0 saturated heterocycles. The highest BCUT2D eigenvalue weighted by atomic mass is 16.3. The second-order valence-corrected chi connectivity index (χ2v) is 7.20. The van der Waals surface area contributed by atoms with E-state index < -0.39 is 0 Å².